The molecule has 33 heavy (non-hydrogen) atoms. The maximum absolute atomic E-state index is 10.5. The van der Waals surface area contributed by atoms with E-state index in [-0.39, 0.29) is 0 Å². The molecule has 0 saturated carbocycles. The van der Waals surface area contributed by atoms with Crippen molar-refractivity contribution < 1.29 is 9.53 Å². The molecule has 0 saturated heterocycles. The Labute approximate surface area is 213 Å². The SMILES string of the molecule is CC(=O)Oc1ccc(Cl)cc1Cl.CCCCCCCCC=CCCCCCCCCN(C)C. The lowest BCUT2D eigenvalue weighted by Crippen LogP contribution is -2.12. The summed E-state index contributed by atoms with van der Waals surface area (Å²) in [6.07, 6.45) is 24.3. The number of carbonyl (C=O) groups excluding carboxylic acids is 1. The number of rotatable bonds is 17. The molecule has 0 aliphatic carbocycles. The third-order valence-corrected chi connectivity index (χ3v) is 5.80. The highest BCUT2D eigenvalue weighted by molar-refractivity contribution is 6.35. The van der Waals surface area contributed by atoms with Gasteiger partial charge in [0, 0.05) is 11.9 Å². The first kappa shape index (κ1) is 32.0. The molecule has 1 rings (SSSR count). The molecule has 0 spiro atoms. The zero-order valence-corrected chi connectivity index (χ0v) is 23.0. The van der Waals surface area contributed by atoms with Gasteiger partial charge in [0.05, 0.1) is 5.02 Å². The third-order valence-electron chi connectivity index (χ3n) is 5.26. The van der Waals surface area contributed by atoms with Crippen LogP contribution in [0.5, 0.6) is 5.75 Å². The van der Waals surface area contributed by atoms with Crippen molar-refractivity contribution in [1.29, 1.82) is 0 Å². The van der Waals surface area contributed by atoms with Crippen molar-refractivity contribution in [1.82, 2.24) is 4.90 Å². The van der Waals surface area contributed by atoms with Crippen LogP contribution in [0, 0.1) is 0 Å². The van der Waals surface area contributed by atoms with Gasteiger partial charge in [0.1, 0.15) is 5.75 Å². The lowest BCUT2D eigenvalue weighted by Gasteiger charge is -2.08. The third kappa shape index (κ3) is 22.5. The number of unbranched alkanes of at least 4 members (excludes halogenated alkanes) is 12. The zero-order valence-electron chi connectivity index (χ0n) is 21.5. The van der Waals surface area contributed by atoms with Gasteiger partial charge in [0.2, 0.25) is 0 Å². The molecular weight excluding hydrogens is 453 g/mol. The Kier molecular flexibility index (Phi) is 22.0. The van der Waals surface area contributed by atoms with E-state index in [9.17, 15) is 4.79 Å². The van der Waals surface area contributed by atoms with E-state index in [1.54, 1.807) is 12.1 Å². The number of hydrogen-bond donors (Lipinski definition) is 0. The number of ether oxygens (including phenoxy) is 1. The number of esters is 1. The lowest BCUT2D eigenvalue weighted by atomic mass is 10.1. The van der Waals surface area contributed by atoms with Crippen LogP contribution >= 0.6 is 23.2 Å². The van der Waals surface area contributed by atoms with Gasteiger partial charge in [-0.3, -0.25) is 4.79 Å². The van der Waals surface area contributed by atoms with Crippen LogP contribution in [-0.2, 0) is 4.79 Å². The van der Waals surface area contributed by atoms with Crippen molar-refractivity contribution in [2.75, 3.05) is 20.6 Å². The fraction of sp³-hybridized carbons (Fsp3) is 0.679. The molecule has 3 nitrogen and oxygen atoms in total. The predicted molar refractivity (Wildman–Crippen MR) is 146 cm³/mol. The molecular formula is C28H47Cl2NO2. The molecule has 1 aromatic carbocycles. The second-order valence-corrected chi connectivity index (χ2v) is 9.75. The van der Waals surface area contributed by atoms with Crippen molar-refractivity contribution in [3.63, 3.8) is 0 Å². The van der Waals surface area contributed by atoms with E-state index in [1.807, 2.05) is 0 Å². The Hall–Kier alpha value is -1.03. The number of nitrogens with zero attached hydrogens (tertiary/aromatic N) is 1. The number of benzene rings is 1. The molecule has 0 bridgehead atoms. The summed E-state index contributed by atoms with van der Waals surface area (Å²) in [5.74, 6) is -0.0761. The Morgan fingerprint density at radius 2 is 1.36 bits per heavy atom. The average molecular weight is 501 g/mol. The van der Waals surface area contributed by atoms with Gasteiger partial charge in [0.15, 0.2) is 0 Å². The first-order chi connectivity index (χ1) is 15.9. The highest BCUT2D eigenvalue weighted by Crippen LogP contribution is 2.27. The fourth-order valence-electron chi connectivity index (χ4n) is 3.39. The van der Waals surface area contributed by atoms with Crippen LogP contribution in [0.4, 0.5) is 0 Å². The van der Waals surface area contributed by atoms with E-state index in [0.29, 0.717) is 15.8 Å². The molecule has 0 amide bonds. The van der Waals surface area contributed by atoms with Crippen LogP contribution in [0.15, 0.2) is 30.4 Å². The Bertz CT molecular complexity index is 632. The summed E-state index contributed by atoms with van der Waals surface area (Å²) >= 11 is 11.3. The summed E-state index contributed by atoms with van der Waals surface area (Å²) in [7, 11) is 4.33. The van der Waals surface area contributed by atoms with E-state index in [4.69, 9.17) is 27.9 Å². The number of halogens is 2. The standard InChI is InChI=1S/C20H41N.C8H6Cl2O2/c1-4-5-6-7-8-9-10-11-12-13-14-15-16-17-18-19-20-21(2)3;1-5(11)12-8-3-2-6(9)4-7(8)10/h11-12H,4-10,13-20H2,1-3H3;2-4H,1H3. The van der Waals surface area contributed by atoms with Crippen LogP contribution in [-0.4, -0.2) is 31.5 Å². The van der Waals surface area contributed by atoms with E-state index >= 15 is 0 Å². The maximum Gasteiger partial charge on any atom is 0.308 e. The van der Waals surface area contributed by atoms with Gasteiger partial charge in [0.25, 0.3) is 0 Å². The number of hydrogen-bond acceptors (Lipinski definition) is 3. The van der Waals surface area contributed by atoms with Gasteiger partial charge in [-0.15, -0.1) is 0 Å². The highest BCUT2D eigenvalue weighted by atomic mass is 35.5. The van der Waals surface area contributed by atoms with Gasteiger partial charge in [-0.2, -0.15) is 0 Å². The molecule has 5 heteroatoms. The van der Waals surface area contributed by atoms with Crippen LogP contribution < -0.4 is 4.74 Å². The van der Waals surface area contributed by atoms with Crippen LogP contribution in [0.25, 0.3) is 0 Å². The molecule has 0 aliphatic heterocycles. The fourth-order valence-corrected chi connectivity index (χ4v) is 3.84. The van der Waals surface area contributed by atoms with Gasteiger partial charge in [-0.25, -0.2) is 0 Å². The smallest absolute Gasteiger partial charge is 0.308 e. The molecule has 190 valence electrons. The van der Waals surface area contributed by atoms with Gasteiger partial charge < -0.3 is 9.64 Å². The summed E-state index contributed by atoms with van der Waals surface area (Å²) in [5.41, 5.74) is 0. The minimum Gasteiger partial charge on any atom is -0.425 e. The quantitative estimate of drug-likeness (QED) is 0.0923. The second-order valence-electron chi connectivity index (χ2n) is 8.91. The molecule has 0 aromatic heterocycles. The minimum atomic E-state index is -0.403. The van der Waals surface area contributed by atoms with E-state index in [0.717, 1.165) is 0 Å². The molecule has 0 atom stereocenters. The van der Waals surface area contributed by atoms with Crippen molar-refractivity contribution in [2.24, 2.45) is 0 Å². The molecule has 0 N–H and O–H groups in total. The summed E-state index contributed by atoms with van der Waals surface area (Å²) in [4.78, 5) is 12.8. The van der Waals surface area contributed by atoms with E-state index < -0.39 is 5.97 Å². The summed E-state index contributed by atoms with van der Waals surface area (Å²) in [5, 5.41) is 0.841. The van der Waals surface area contributed by atoms with Crippen molar-refractivity contribution in [3.05, 3.63) is 40.4 Å². The number of allylic oxidation sites excluding steroid dienone is 2. The van der Waals surface area contributed by atoms with Crippen molar-refractivity contribution >= 4 is 29.2 Å². The highest BCUT2D eigenvalue weighted by Gasteiger charge is 2.03. The molecule has 0 unspecified atom stereocenters. The Morgan fingerprint density at radius 1 is 0.848 bits per heavy atom. The van der Waals surface area contributed by atoms with Crippen LogP contribution in [0.3, 0.4) is 0 Å². The molecule has 0 heterocycles. The summed E-state index contributed by atoms with van der Waals surface area (Å²) in [6, 6.07) is 4.67. The van der Waals surface area contributed by atoms with Crippen molar-refractivity contribution in [2.45, 2.75) is 104 Å². The van der Waals surface area contributed by atoms with Crippen LogP contribution in [0.1, 0.15) is 104 Å². The normalized spacial score (nSPS) is 11.0. The summed E-state index contributed by atoms with van der Waals surface area (Å²) < 4.78 is 4.77. The van der Waals surface area contributed by atoms with Gasteiger partial charge in [-0.1, -0.05) is 100 Å². The van der Waals surface area contributed by atoms with E-state index in [1.165, 1.54) is 109 Å². The van der Waals surface area contributed by atoms with Gasteiger partial charge in [-0.05, 0) is 70.9 Å². The zero-order chi connectivity index (χ0) is 24.7. The average Bonchev–Trinajstić information content (AvgIpc) is 2.75. The topological polar surface area (TPSA) is 29.5 Å². The number of carbonyl (C=O) groups is 1. The Balaban J connectivity index is 0.000000716. The largest absolute Gasteiger partial charge is 0.425 e. The van der Waals surface area contributed by atoms with Crippen molar-refractivity contribution in [3.8, 4) is 5.75 Å². The first-order valence-corrected chi connectivity index (χ1v) is 13.6. The van der Waals surface area contributed by atoms with Gasteiger partial charge >= 0.3 is 5.97 Å². The Morgan fingerprint density at radius 3 is 1.85 bits per heavy atom. The minimum absolute atomic E-state index is 0.327. The lowest BCUT2D eigenvalue weighted by molar-refractivity contribution is -0.131. The monoisotopic (exact) mass is 499 g/mol. The summed E-state index contributed by atoms with van der Waals surface area (Å²) in [6.45, 7) is 4.85. The first-order valence-electron chi connectivity index (χ1n) is 12.8. The second kappa shape index (κ2) is 22.7. The molecule has 0 aliphatic rings. The predicted octanol–water partition coefficient (Wildman–Crippen LogP) is 9.50. The molecule has 0 radical (unpaired) electrons. The maximum atomic E-state index is 10.5. The molecule has 1 aromatic rings. The molecule has 0 fully saturated rings. The van der Waals surface area contributed by atoms with Crippen LogP contribution in [0.2, 0.25) is 10.0 Å². The van der Waals surface area contributed by atoms with E-state index in [2.05, 4.69) is 38.1 Å².